The van der Waals surface area contributed by atoms with Crippen LogP contribution in [-0.4, -0.2) is 11.6 Å². The van der Waals surface area contributed by atoms with Crippen LogP contribution in [0.15, 0.2) is 0 Å². The van der Waals surface area contributed by atoms with Crippen LogP contribution < -0.4 is 0 Å². The van der Waals surface area contributed by atoms with Gasteiger partial charge in [-0.25, -0.2) is 0 Å². The van der Waals surface area contributed by atoms with E-state index in [1.807, 2.05) is 13.8 Å². The smallest absolute Gasteiger partial charge is 0.142 e. The molecule has 80 valence electrons. The van der Waals surface area contributed by atoms with Gasteiger partial charge in [-0.15, -0.1) is 0 Å². The molecule has 0 unspecified atom stereocenters. The molecular formula is C12H20O2. The Hall–Kier alpha value is -0.660. The molecule has 0 N–H and O–H groups in total. The highest BCUT2D eigenvalue weighted by Gasteiger charge is 2.20. The van der Waals surface area contributed by atoms with Crippen LogP contribution >= 0.6 is 0 Å². The fourth-order valence-corrected chi connectivity index (χ4v) is 2.01. The summed E-state index contributed by atoms with van der Waals surface area (Å²) in [6.45, 7) is 3.70. The molecule has 1 fully saturated rings. The van der Waals surface area contributed by atoms with E-state index >= 15 is 0 Å². The van der Waals surface area contributed by atoms with Crippen molar-refractivity contribution < 1.29 is 9.59 Å². The third-order valence-electron chi connectivity index (χ3n) is 3.01. The first kappa shape index (κ1) is 11.4. The molecule has 0 aliphatic heterocycles. The molecule has 14 heavy (non-hydrogen) atoms. The molecule has 0 saturated heterocycles. The Labute approximate surface area is 86.1 Å². The maximum atomic E-state index is 11.5. The molecule has 0 heterocycles. The quantitative estimate of drug-likeness (QED) is 0.633. The summed E-state index contributed by atoms with van der Waals surface area (Å²) >= 11 is 0. The van der Waals surface area contributed by atoms with Crippen molar-refractivity contribution in [2.75, 3.05) is 0 Å². The summed E-state index contributed by atoms with van der Waals surface area (Å²) in [5.41, 5.74) is 0. The molecule has 1 saturated carbocycles. The summed E-state index contributed by atoms with van der Waals surface area (Å²) in [7, 11) is 0. The summed E-state index contributed by atoms with van der Waals surface area (Å²) in [6.07, 6.45) is 5.68. The lowest BCUT2D eigenvalue weighted by atomic mass is 9.96. The molecule has 0 amide bonds. The lowest BCUT2D eigenvalue weighted by molar-refractivity contribution is -0.129. The molecule has 0 atom stereocenters. The number of ketones is 2. The van der Waals surface area contributed by atoms with Gasteiger partial charge in [-0.05, 0) is 5.92 Å². The number of carbonyl (C=O) groups excluding carboxylic acids is 2. The Morgan fingerprint density at radius 3 is 2.29 bits per heavy atom. The van der Waals surface area contributed by atoms with Crippen molar-refractivity contribution in [2.24, 2.45) is 11.8 Å². The van der Waals surface area contributed by atoms with Crippen molar-refractivity contribution in [1.82, 2.24) is 0 Å². The van der Waals surface area contributed by atoms with Crippen LogP contribution in [0.3, 0.4) is 0 Å². The molecule has 0 aromatic heterocycles. The minimum Gasteiger partial charge on any atom is -0.299 e. The van der Waals surface area contributed by atoms with Gasteiger partial charge in [-0.2, -0.15) is 0 Å². The fraction of sp³-hybridized carbons (Fsp3) is 0.833. The first-order chi connectivity index (χ1) is 6.59. The second-order valence-electron chi connectivity index (χ2n) is 4.69. The predicted molar refractivity (Wildman–Crippen MR) is 56.0 cm³/mol. The van der Waals surface area contributed by atoms with Crippen molar-refractivity contribution in [1.29, 1.82) is 0 Å². The Morgan fingerprint density at radius 2 is 1.79 bits per heavy atom. The van der Waals surface area contributed by atoms with E-state index in [1.54, 1.807) is 0 Å². The van der Waals surface area contributed by atoms with E-state index in [9.17, 15) is 9.59 Å². The van der Waals surface area contributed by atoms with Crippen LogP contribution in [0.25, 0.3) is 0 Å². The minimum absolute atomic E-state index is 0.00234. The van der Waals surface area contributed by atoms with E-state index in [-0.39, 0.29) is 23.9 Å². The normalized spacial score (nSPS) is 17.6. The SMILES string of the molecule is CC(C)C(=O)CC(=O)CC1CCCC1. The zero-order chi connectivity index (χ0) is 10.6. The van der Waals surface area contributed by atoms with Gasteiger partial charge in [0.2, 0.25) is 0 Å². The molecule has 0 spiro atoms. The number of hydrogen-bond acceptors (Lipinski definition) is 2. The third-order valence-corrected chi connectivity index (χ3v) is 3.01. The third kappa shape index (κ3) is 3.60. The van der Waals surface area contributed by atoms with Gasteiger partial charge in [0.05, 0.1) is 6.42 Å². The molecular weight excluding hydrogens is 176 g/mol. The highest BCUT2D eigenvalue weighted by atomic mass is 16.1. The van der Waals surface area contributed by atoms with Gasteiger partial charge in [0, 0.05) is 12.3 Å². The molecule has 0 radical (unpaired) electrons. The Morgan fingerprint density at radius 1 is 1.21 bits per heavy atom. The molecule has 0 aromatic rings. The lowest BCUT2D eigenvalue weighted by Gasteiger charge is -2.08. The van der Waals surface area contributed by atoms with E-state index in [0.717, 1.165) is 0 Å². The molecule has 0 bridgehead atoms. The van der Waals surface area contributed by atoms with Crippen LogP contribution in [0.2, 0.25) is 0 Å². The molecule has 1 rings (SSSR count). The summed E-state index contributed by atoms with van der Waals surface area (Å²) < 4.78 is 0. The number of hydrogen-bond donors (Lipinski definition) is 0. The van der Waals surface area contributed by atoms with Crippen molar-refractivity contribution >= 4 is 11.6 Å². The minimum atomic E-state index is 0.00234. The van der Waals surface area contributed by atoms with E-state index < -0.39 is 0 Å². The topological polar surface area (TPSA) is 34.1 Å². The van der Waals surface area contributed by atoms with Crippen molar-refractivity contribution in [3.05, 3.63) is 0 Å². The monoisotopic (exact) mass is 196 g/mol. The average molecular weight is 196 g/mol. The van der Waals surface area contributed by atoms with Crippen LogP contribution in [0.4, 0.5) is 0 Å². The lowest BCUT2D eigenvalue weighted by Crippen LogP contribution is -2.15. The van der Waals surface area contributed by atoms with E-state index in [0.29, 0.717) is 12.3 Å². The Balaban J connectivity index is 2.24. The average Bonchev–Trinajstić information content (AvgIpc) is 2.56. The van der Waals surface area contributed by atoms with Crippen LogP contribution in [0, 0.1) is 11.8 Å². The maximum Gasteiger partial charge on any atom is 0.142 e. The number of carbonyl (C=O) groups is 2. The van der Waals surface area contributed by atoms with E-state index in [1.165, 1.54) is 25.7 Å². The zero-order valence-electron chi connectivity index (χ0n) is 9.21. The number of Topliss-reactive ketones (excluding diaryl/α,β-unsaturated/α-hetero) is 2. The fourth-order valence-electron chi connectivity index (χ4n) is 2.01. The van der Waals surface area contributed by atoms with E-state index in [2.05, 4.69) is 0 Å². The first-order valence-electron chi connectivity index (χ1n) is 5.64. The molecule has 2 heteroatoms. The summed E-state index contributed by atoms with van der Waals surface area (Å²) in [4.78, 5) is 22.8. The second-order valence-corrected chi connectivity index (χ2v) is 4.69. The van der Waals surface area contributed by atoms with Crippen LogP contribution in [0.1, 0.15) is 52.4 Å². The van der Waals surface area contributed by atoms with Gasteiger partial charge in [-0.3, -0.25) is 9.59 Å². The molecule has 1 aliphatic rings. The van der Waals surface area contributed by atoms with Crippen molar-refractivity contribution in [3.8, 4) is 0 Å². The predicted octanol–water partition coefficient (Wildman–Crippen LogP) is 2.75. The van der Waals surface area contributed by atoms with Gasteiger partial charge in [0.25, 0.3) is 0 Å². The zero-order valence-corrected chi connectivity index (χ0v) is 9.21. The Bertz CT molecular complexity index is 212. The summed E-state index contributed by atoms with van der Waals surface area (Å²) in [5, 5.41) is 0. The van der Waals surface area contributed by atoms with Gasteiger partial charge in [-0.1, -0.05) is 39.5 Å². The Kier molecular flexibility index (Phi) is 4.30. The second kappa shape index (κ2) is 5.28. The summed E-state index contributed by atoms with van der Waals surface area (Å²) in [5.74, 6) is 0.814. The largest absolute Gasteiger partial charge is 0.299 e. The molecule has 1 aliphatic carbocycles. The standard InChI is InChI=1S/C12H20O2/c1-9(2)12(14)8-11(13)7-10-5-3-4-6-10/h9-10H,3-8H2,1-2H3. The first-order valence-corrected chi connectivity index (χ1v) is 5.64. The number of rotatable bonds is 5. The van der Waals surface area contributed by atoms with Gasteiger partial charge in [0.1, 0.15) is 11.6 Å². The highest BCUT2D eigenvalue weighted by molar-refractivity contribution is 5.99. The van der Waals surface area contributed by atoms with Crippen molar-refractivity contribution in [3.63, 3.8) is 0 Å². The molecule has 2 nitrogen and oxygen atoms in total. The van der Waals surface area contributed by atoms with Crippen LogP contribution in [0.5, 0.6) is 0 Å². The van der Waals surface area contributed by atoms with Gasteiger partial charge >= 0.3 is 0 Å². The van der Waals surface area contributed by atoms with Crippen molar-refractivity contribution in [2.45, 2.75) is 52.4 Å². The van der Waals surface area contributed by atoms with E-state index in [4.69, 9.17) is 0 Å². The van der Waals surface area contributed by atoms with Gasteiger partial charge in [0.15, 0.2) is 0 Å². The molecule has 0 aromatic carbocycles. The highest BCUT2D eigenvalue weighted by Crippen LogP contribution is 2.28. The van der Waals surface area contributed by atoms with Crippen LogP contribution in [-0.2, 0) is 9.59 Å². The van der Waals surface area contributed by atoms with Gasteiger partial charge < -0.3 is 0 Å². The maximum absolute atomic E-state index is 11.5. The summed E-state index contributed by atoms with van der Waals surface area (Å²) in [6, 6.07) is 0.